The van der Waals surface area contributed by atoms with Crippen molar-refractivity contribution in [3.8, 4) is 0 Å². The number of fused-ring (bicyclic) bond motifs is 1. The van der Waals surface area contributed by atoms with Gasteiger partial charge in [0.15, 0.2) is 0 Å². The van der Waals surface area contributed by atoms with Gasteiger partial charge in [-0.25, -0.2) is 0 Å². The van der Waals surface area contributed by atoms with Crippen molar-refractivity contribution in [1.82, 2.24) is 0 Å². The molecule has 1 heterocycles. The van der Waals surface area contributed by atoms with E-state index in [-0.39, 0.29) is 0 Å². The molecule has 0 saturated carbocycles. The number of hydrogen-bond acceptors (Lipinski definition) is 3. The van der Waals surface area contributed by atoms with Gasteiger partial charge in [0.25, 0.3) is 0 Å². The van der Waals surface area contributed by atoms with E-state index >= 15 is 0 Å². The van der Waals surface area contributed by atoms with Crippen LogP contribution >= 0.6 is 0 Å². The molecule has 0 bridgehead atoms. The van der Waals surface area contributed by atoms with Gasteiger partial charge in [-0.15, -0.1) is 0 Å². The fourth-order valence-electron chi connectivity index (χ4n) is 2.49. The Morgan fingerprint density at radius 3 is 2.76 bits per heavy atom. The van der Waals surface area contributed by atoms with E-state index in [1.165, 1.54) is 23.4 Å². The highest BCUT2D eigenvalue weighted by Gasteiger charge is 2.17. The van der Waals surface area contributed by atoms with Crippen molar-refractivity contribution >= 4 is 11.4 Å². The summed E-state index contributed by atoms with van der Waals surface area (Å²) in [7, 11) is 2.18. The average molecular weight is 233 g/mol. The summed E-state index contributed by atoms with van der Waals surface area (Å²) in [5, 5.41) is 0. The van der Waals surface area contributed by atoms with Crippen LogP contribution in [0.4, 0.5) is 11.4 Å². The van der Waals surface area contributed by atoms with Gasteiger partial charge in [0.2, 0.25) is 0 Å². The molecule has 3 nitrogen and oxygen atoms in total. The Morgan fingerprint density at radius 1 is 1.24 bits per heavy atom. The molecular formula is C14H23N3. The lowest BCUT2D eigenvalue weighted by Crippen LogP contribution is -2.29. The van der Waals surface area contributed by atoms with Gasteiger partial charge in [-0.3, -0.25) is 0 Å². The van der Waals surface area contributed by atoms with Crippen LogP contribution in [-0.4, -0.2) is 33.2 Å². The summed E-state index contributed by atoms with van der Waals surface area (Å²) in [6.45, 7) is 6.11. The van der Waals surface area contributed by atoms with Crippen LogP contribution in [0.15, 0.2) is 18.2 Å². The number of aryl methyl sites for hydroxylation is 1. The van der Waals surface area contributed by atoms with Crippen molar-refractivity contribution in [1.29, 1.82) is 0 Å². The molecule has 0 saturated heterocycles. The molecule has 3 heteroatoms. The zero-order chi connectivity index (χ0) is 12.3. The minimum atomic E-state index is 0.721. The maximum atomic E-state index is 5.70. The highest BCUT2D eigenvalue weighted by molar-refractivity contribution is 5.72. The van der Waals surface area contributed by atoms with Crippen LogP contribution in [0, 0.1) is 0 Å². The largest absolute Gasteiger partial charge is 0.373 e. The van der Waals surface area contributed by atoms with Gasteiger partial charge < -0.3 is 15.5 Å². The molecule has 2 N–H and O–H groups in total. The van der Waals surface area contributed by atoms with Crippen LogP contribution in [-0.2, 0) is 6.42 Å². The van der Waals surface area contributed by atoms with Crippen LogP contribution in [0.1, 0.15) is 18.9 Å². The summed E-state index contributed by atoms with van der Waals surface area (Å²) < 4.78 is 0. The van der Waals surface area contributed by atoms with Crippen LogP contribution in [0.3, 0.4) is 0 Å². The number of rotatable bonds is 3. The first-order valence-corrected chi connectivity index (χ1v) is 6.55. The third kappa shape index (κ3) is 2.55. The monoisotopic (exact) mass is 233 g/mol. The fraction of sp³-hybridized carbons (Fsp3) is 0.571. The fourth-order valence-corrected chi connectivity index (χ4v) is 2.49. The zero-order valence-electron chi connectivity index (χ0n) is 10.9. The van der Waals surface area contributed by atoms with Gasteiger partial charge in [-0.05, 0) is 30.5 Å². The van der Waals surface area contributed by atoms with Gasteiger partial charge in [0, 0.05) is 33.2 Å². The molecule has 94 valence electrons. The van der Waals surface area contributed by atoms with Crippen molar-refractivity contribution < 1.29 is 0 Å². The average Bonchev–Trinajstić information content (AvgIpc) is 2.50. The molecule has 0 aromatic heterocycles. The van der Waals surface area contributed by atoms with Gasteiger partial charge in [-0.2, -0.15) is 0 Å². The molecule has 2 rings (SSSR count). The van der Waals surface area contributed by atoms with E-state index in [1.54, 1.807) is 0 Å². The second kappa shape index (κ2) is 5.41. The Kier molecular flexibility index (Phi) is 3.89. The van der Waals surface area contributed by atoms with E-state index in [1.807, 2.05) is 0 Å². The quantitative estimate of drug-likeness (QED) is 0.865. The van der Waals surface area contributed by atoms with Crippen molar-refractivity contribution in [3.05, 3.63) is 23.8 Å². The maximum Gasteiger partial charge on any atom is 0.0604 e. The summed E-state index contributed by atoms with van der Waals surface area (Å²) in [6.07, 6.45) is 2.30. The normalized spacial score (nSPS) is 15.7. The van der Waals surface area contributed by atoms with Crippen molar-refractivity contribution in [2.75, 3.05) is 43.0 Å². The second-order valence-corrected chi connectivity index (χ2v) is 4.73. The molecule has 1 aromatic rings. The summed E-state index contributed by atoms with van der Waals surface area (Å²) >= 11 is 0. The van der Waals surface area contributed by atoms with E-state index in [0.29, 0.717) is 0 Å². The molecular weight excluding hydrogens is 210 g/mol. The van der Waals surface area contributed by atoms with Gasteiger partial charge in [-0.1, -0.05) is 13.0 Å². The lowest BCUT2D eigenvalue weighted by molar-refractivity contribution is 0.741. The van der Waals surface area contributed by atoms with Gasteiger partial charge in [0.1, 0.15) is 0 Å². The molecule has 0 spiro atoms. The maximum absolute atomic E-state index is 5.70. The molecule has 1 aliphatic rings. The number of anilines is 2. The van der Waals surface area contributed by atoms with E-state index in [0.717, 1.165) is 32.6 Å². The van der Waals surface area contributed by atoms with Crippen LogP contribution in [0.25, 0.3) is 0 Å². The Bertz CT molecular complexity index is 376. The summed E-state index contributed by atoms with van der Waals surface area (Å²) in [5.74, 6) is 0. The SMILES string of the molecule is CCc1ccc2c(c1)N(C)CCCN2CCN. The third-order valence-electron chi connectivity index (χ3n) is 3.52. The molecule has 0 fully saturated rings. The highest BCUT2D eigenvalue weighted by Crippen LogP contribution is 2.32. The van der Waals surface area contributed by atoms with Gasteiger partial charge >= 0.3 is 0 Å². The van der Waals surface area contributed by atoms with E-state index in [2.05, 4.69) is 42.0 Å². The third-order valence-corrected chi connectivity index (χ3v) is 3.52. The molecule has 0 unspecified atom stereocenters. The number of nitrogens with zero attached hydrogens (tertiary/aromatic N) is 2. The number of nitrogens with two attached hydrogens (primary N) is 1. The Hall–Kier alpha value is -1.22. The van der Waals surface area contributed by atoms with Crippen molar-refractivity contribution in [3.63, 3.8) is 0 Å². The Labute approximate surface area is 104 Å². The van der Waals surface area contributed by atoms with Crippen molar-refractivity contribution in [2.45, 2.75) is 19.8 Å². The summed E-state index contributed by atoms with van der Waals surface area (Å²) in [5.41, 5.74) is 9.81. The molecule has 1 aromatic carbocycles. The predicted octanol–water partition coefficient (Wildman–Crippen LogP) is 1.85. The first-order chi connectivity index (χ1) is 8.26. The van der Waals surface area contributed by atoms with Crippen LogP contribution < -0.4 is 15.5 Å². The molecule has 17 heavy (non-hydrogen) atoms. The standard InChI is InChI=1S/C14H23N3/c1-3-12-5-6-13-14(11-12)16(2)8-4-9-17(13)10-7-15/h5-6,11H,3-4,7-10,15H2,1-2H3. The van der Waals surface area contributed by atoms with Crippen LogP contribution in [0.2, 0.25) is 0 Å². The molecule has 0 atom stereocenters. The van der Waals surface area contributed by atoms with Crippen molar-refractivity contribution in [2.24, 2.45) is 5.73 Å². The van der Waals surface area contributed by atoms with E-state index in [9.17, 15) is 0 Å². The predicted molar refractivity (Wildman–Crippen MR) is 75.0 cm³/mol. The second-order valence-electron chi connectivity index (χ2n) is 4.73. The Balaban J connectivity index is 2.38. The lowest BCUT2D eigenvalue weighted by Gasteiger charge is -2.26. The van der Waals surface area contributed by atoms with E-state index < -0.39 is 0 Å². The molecule has 0 aliphatic carbocycles. The minimum Gasteiger partial charge on any atom is -0.373 e. The van der Waals surface area contributed by atoms with E-state index in [4.69, 9.17) is 5.73 Å². The topological polar surface area (TPSA) is 32.5 Å². The first kappa shape index (κ1) is 12.2. The molecule has 0 radical (unpaired) electrons. The molecule has 1 aliphatic heterocycles. The Morgan fingerprint density at radius 2 is 2.06 bits per heavy atom. The number of benzene rings is 1. The lowest BCUT2D eigenvalue weighted by atomic mass is 10.1. The molecule has 0 amide bonds. The minimum absolute atomic E-state index is 0.721. The first-order valence-electron chi connectivity index (χ1n) is 6.55. The summed E-state index contributed by atoms with van der Waals surface area (Å²) in [6, 6.07) is 6.82. The smallest absolute Gasteiger partial charge is 0.0604 e. The highest BCUT2D eigenvalue weighted by atomic mass is 15.2. The van der Waals surface area contributed by atoms with Crippen LogP contribution in [0.5, 0.6) is 0 Å². The van der Waals surface area contributed by atoms with Gasteiger partial charge in [0.05, 0.1) is 11.4 Å². The number of hydrogen-bond donors (Lipinski definition) is 1. The summed E-state index contributed by atoms with van der Waals surface area (Å²) in [4.78, 5) is 4.78. The zero-order valence-corrected chi connectivity index (χ0v) is 10.9.